The third-order valence-corrected chi connectivity index (χ3v) is 3.05. The zero-order valence-corrected chi connectivity index (χ0v) is 9.70. The first kappa shape index (κ1) is 11.9. The van der Waals surface area contributed by atoms with Gasteiger partial charge >= 0.3 is 0 Å². The Kier molecular flexibility index (Phi) is 2.79. The second-order valence-corrected chi connectivity index (χ2v) is 4.72. The lowest BCUT2D eigenvalue weighted by Gasteiger charge is -2.23. The lowest BCUT2D eigenvalue weighted by molar-refractivity contribution is 0.0839. The summed E-state index contributed by atoms with van der Waals surface area (Å²) in [7, 11) is 0. The Bertz CT molecular complexity index is 459. The van der Waals surface area contributed by atoms with Crippen LogP contribution in [0.25, 0.3) is 0 Å². The number of nitrogen functional groups attached to an aromatic ring is 1. The van der Waals surface area contributed by atoms with Crippen molar-refractivity contribution in [2.45, 2.75) is 18.9 Å². The fraction of sp³-hybridized carbons (Fsp3) is 0.417. The van der Waals surface area contributed by atoms with E-state index in [1.807, 2.05) is 4.90 Å². The molecular weight excluding hydrogens is 221 g/mol. The van der Waals surface area contributed by atoms with E-state index >= 15 is 0 Å². The average molecular weight is 237 g/mol. The van der Waals surface area contributed by atoms with Crippen LogP contribution in [0.4, 0.5) is 10.1 Å². The van der Waals surface area contributed by atoms with Crippen LogP contribution >= 0.6 is 0 Å². The molecule has 5 heteroatoms. The predicted molar refractivity (Wildman–Crippen MR) is 64.9 cm³/mol. The molecule has 0 saturated carbocycles. The van der Waals surface area contributed by atoms with Gasteiger partial charge in [-0.05, 0) is 25.5 Å². The van der Waals surface area contributed by atoms with E-state index in [4.69, 9.17) is 11.1 Å². The summed E-state index contributed by atoms with van der Waals surface area (Å²) in [6, 6.07) is 4.60. The van der Waals surface area contributed by atoms with Crippen molar-refractivity contribution in [1.29, 1.82) is 5.41 Å². The SMILES string of the molecule is CC1(O)CCN(c2cccc(F)c2C(=N)N)C1. The molecular formula is C12H16FN3O. The van der Waals surface area contributed by atoms with Crippen molar-refractivity contribution >= 4 is 11.5 Å². The van der Waals surface area contributed by atoms with Crippen LogP contribution in [0.1, 0.15) is 18.9 Å². The second-order valence-electron chi connectivity index (χ2n) is 4.72. The molecule has 0 aromatic heterocycles. The van der Waals surface area contributed by atoms with Gasteiger partial charge in [0, 0.05) is 13.1 Å². The van der Waals surface area contributed by atoms with Gasteiger partial charge in [0.25, 0.3) is 0 Å². The standard InChI is InChI=1S/C12H16FN3O/c1-12(17)5-6-16(7-12)9-4-2-3-8(13)10(9)11(14)15/h2-4,17H,5-7H2,1H3,(H3,14,15). The minimum absolute atomic E-state index is 0.116. The Morgan fingerprint density at radius 3 is 2.82 bits per heavy atom. The molecule has 0 radical (unpaired) electrons. The number of amidine groups is 1. The highest BCUT2D eigenvalue weighted by Crippen LogP contribution is 2.30. The first-order valence-electron chi connectivity index (χ1n) is 5.51. The number of nitrogens with zero attached hydrogens (tertiary/aromatic N) is 1. The molecule has 0 spiro atoms. The molecule has 1 aliphatic heterocycles. The number of hydrogen-bond donors (Lipinski definition) is 3. The highest BCUT2D eigenvalue weighted by molar-refractivity contribution is 6.00. The van der Waals surface area contributed by atoms with Crippen LogP contribution in [0.3, 0.4) is 0 Å². The van der Waals surface area contributed by atoms with E-state index in [1.165, 1.54) is 6.07 Å². The van der Waals surface area contributed by atoms with Crippen LogP contribution in [0.5, 0.6) is 0 Å². The summed E-state index contributed by atoms with van der Waals surface area (Å²) < 4.78 is 13.6. The minimum atomic E-state index is -0.764. The van der Waals surface area contributed by atoms with Gasteiger partial charge in [0.1, 0.15) is 11.7 Å². The third kappa shape index (κ3) is 2.24. The molecule has 1 aromatic carbocycles. The molecule has 1 saturated heterocycles. The molecule has 0 aliphatic carbocycles. The first-order valence-corrected chi connectivity index (χ1v) is 5.51. The Balaban J connectivity index is 2.40. The van der Waals surface area contributed by atoms with Crippen LogP contribution in [0.15, 0.2) is 18.2 Å². The van der Waals surface area contributed by atoms with Crippen molar-refractivity contribution in [3.63, 3.8) is 0 Å². The van der Waals surface area contributed by atoms with Gasteiger partial charge in [-0.3, -0.25) is 5.41 Å². The van der Waals surface area contributed by atoms with Crippen LogP contribution < -0.4 is 10.6 Å². The first-order chi connectivity index (χ1) is 7.91. The zero-order chi connectivity index (χ0) is 12.6. The van der Waals surface area contributed by atoms with Gasteiger partial charge in [-0.2, -0.15) is 0 Å². The van der Waals surface area contributed by atoms with Crippen LogP contribution in [0.2, 0.25) is 0 Å². The van der Waals surface area contributed by atoms with Gasteiger partial charge in [0.2, 0.25) is 0 Å². The van der Waals surface area contributed by atoms with Crippen molar-refractivity contribution in [3.8, 4) is 0 Å². The normalized spacial score (nSPS) is 24.1. The van der Waals surface area contributed by atoms with Gasteiger partial charge in [-0.15, -0.1) is 0 Å². The van der Waals surface area contributed by atoms with Gasteiger partial charge < -0.3 is 15.7 Å². The second kappa shape index (κ2) is 4.00. The van der Waals surface area contributed by atoms with E-state index in [2.05, 4.69) is 0 Å². The summed E-state index contributed by atoms with van der Waals surface area (Å²) >= 11 is 0. The molecule has 1 heterocycles. The minimum Gasteiger partial charge on any atom is -0.388 e. The van der Waals surface area contributed by atoms with Crippen molar-refractivity contribution in [2.24, 2.45) is 5.73 Å². The van der Waals surface area contributed by atoms with E-state index < -0.39 is 11.4 Å². The topological polar surface area (TPSA) is 73.3 Å². The third-order valence-electron chi connectivity index (χ3n) is 3.05. The lowest BCUT2D eigenvalue weighted by Crippen LogP contribution is -2.31. The summed E-state index contributed by atoms with van der Waals surface area (Å²) in [6.45, 7) is 2.81. The molecule has 0 amide bonds. The molecule has 4 nitrogen and oxygen atoms in total. The van der Waals surface area contributed by atoms with Crippen LogP contribution in [-0.4, -0.2) is 29.6 Å². The number of halogens is 1. The van der Waals surface area contributed by atoms with Crippen LogP contribution in [0, 0.1) is 11.2 Å². The largest absolute Gasteiger partial charge is 0.388 e. The summed E-state index contributed by atoms with van der Waals surface area (Å²) in [5.41, 5.74) is 5.34. The quantitative estimate of drug-likeness (QED) is 0.532. The van der Waals surface area contributed by atoms with Crippen LogP contribution in [-0.2, 0) is 0 Å². The maximum Gasteiger partial charge on any atom is 0.136 e. The molecule has 1 atom stereocenters. The average Bonchev–Trinajstić information content (AvgIpc) is 2.57. The Labute approximate surface area is 99.4 Å². The number of nitrogens with one attached hydrogen (secondary N) is 1. The molecule has 0 bridgehead atoms. The maximum absolute atomic E-state index is 13.6. The number of β-amino-alcohol motifs (C(OH)–C–C–N with tert-alkyl or cyclic N) is 1. The van der Waals surface area contributed by atoms with Gasteiger partial charge in [-0.25, -0.2) is 4.39 Å². The molecule has 1 aliphatic rings. The highest BCUT2D eigenvalue weighted by Gasteiger charge is 2.33. The van der Waals surface area contributed by atoms with E-state index in [9.17, 15) is 9.50 Å². The summed E-state index contributed by atoms with van der Waals surface area (Å²) in [5.74, 6) is -0.786. The molecule has 92 valence electrons. The molecule has 1 unspecified atom stereocenters. The number of hydrogen-bond acceptors (Lipinski definition) is 3. The van der Waals surface area contributed by atoms with E-state index in [0.717, 1.165) is 0 Å². The summed E-state index contributed by atoms with van der Waals surface area (Å²) in [5, 5.41) is 17.3. The smallest absolute Gasteiger partial charge is 0.136 e. The number of benzene rings is 1. The number of rotatable bonds is 2. The van der Waals surface area contributed by atoms with Crippen molar-refractivity contribution in [1.82, 2.24) is 0 Å². The van der Waals surface area contributed by atoms with Gasteiger partial charge in [-0.1, -0.05) is 6.07 Å². The Hall–Kier alpha value is -1.62. The zero-order valence-electron chi connectivity index (χ0n) is 9.70. The fourth-order valence-electron chi connectivity index (χ4n) is 2.19. The molecule has 17 heavy (non-hydrogen) atoms. The number of anilines is 1. The fourth-order valence-corrected chi connectivity index (χ4v) is 2.19. The molecule has 2 rings (SSSR count). The molecule has 1 aromatic rings. The number of nitrogens with two attached hydrogens (primary N) is 1. The van der Waals surface area contributed by atoms with Crippen molar-refractivity contribution in [2.75, 3.05) is 18.0 Å². The van der Waals surface area contributed by atoms with Crippen molar-refractivity contribution in [3.05, 3.63) is 29.6 Å². The summed E-state index contributed by atoms with van der Waals surface area (Å²) in [4.78, 5) is 1.86. The Morgan fingerprint density at radius 1 is 1.59 bits per heavy atom. The maximum atomic E-state index is 13.6. The summed E-state index contributed by atoms with van der Waals surface area (Å²) in [6.07, 6.45) is 0.626. The predicted octanol–water partition coefficient (Wildman–Crippen LogP) is 1.07. The van der Waals surface area contributed by atoms with Crippen molar-refractivity contribution < 1.29 is 9.50 Å². The lowest BCUT2D eigenvalue weighted by atomic mass is 10.1. The molecule has 4 N–H and O–H groups in total. The number of aliphatic hydroxyl groups is 1. The molecule has 1 fully saturated rings. The van der Waals surface area contributed by atoms with E-state index in [0.29, 0.717) is 25.2 Å². The highest BCUT2D eigenvalue weighted by atomic mass is 19.1. The van der Waals surface area contributed by atoms with E-state index in [-0.39, 0.29) is 11.4 Å². The van der Waals surface area contributed by atoms with Gasteiger partial charge in [0.05, 0.1) is 16.9 Å². The van der Waals surface area contributed by atoms with Gasteiger partial charge in [0.15, 0.2) is 0 Å². The Morgan fingerprint density at radius 2 is 2.29 bits per heavy atom. The monoisotopic (exact) mass is 237 g/mol. The van der Waals surface area contributed by atoms with E-state index in [1.54, 1.807) is 19.1 Å².